The molecule has 1 aromatic heterocycles. The second-order valence-corrected chi connectivity index (χ2v) is 4.44. The summed E-state index contributed by atoms with van der Waals surface area (Å²) in [5, 5.41) is 13.3. The second-order valence-electron chi connectivity index (χ2n) is 4.44. The largest absolute Gasteiger partial charge is 0.388 e. The zero-order chi connectivity index (χ0) is 11.4. The number of anilines is 2. The van der Waals surface area contributed by atoms with Gasteiger partial charge in [0.25, 0.3) is 0 Å². The molecule has 1 aliphatic carbocycles. The minimum absolute atomic E-state index is 0.438. The van der Waals surface area contributed by atoms with Crippen molar-refractivity contribution in [3.05, 3.63) is 12.3 Å². The van der Waals surface area contributed by atoms with E-state index in [1.807, 2.05) is 0 Å². The molecule has 0 aromatic carbocycles. The number of nitrogen functional groups attached to an aromatic ring is 1. The molecule has 1 aromatic rings. The molecule has 88 valence electrons. The molecule has 5 nitrogen and oxygen atoms in total. The maximum Gasteiger partial charge on any atom is 0.224 e. The summed E-state index contributed by atoms with van der Waals surface area (Å²) in [6, 6.07) is 1.64. The van der Waals surface area contributed by atoms with E-state index in [1.165, 1.54) is 6.42 Å². The van der Waals surface area contributed by atoms with E-state index in [-0.39, 0.29) is 0 Å². The third kappa shape index (κ3) is 2.82. The zero-order valence-corrected chi connectivity index (χ0v) is 9.32. The van der Waals surface area contributed by atoms with Crippen LogP contribution in [0, 0.1) is 0 Å². The maximum absolute atomic E-state index is 10.3. The van der Waals surface area contributed by atoms with Gasteiger partial charge in [0.1, 0.15) is 5.82 Å². The van der Waals surface area contributed by atoms with Crippen LogP contribution in [0.15, 0.2) is 12.3 Å². The lowest BCUT2D eigenvalue weighted by Crippen LogP contribution is -2.39. The normalized spacial score (nSPS) is 19.3. The van der Waals surface area contributed by atoms with Crippen molar-refractivity contribution >= 4 is 11.8 Å². The molecule has 0 radical (unpaired) electrons. The molecule has 5 heteroatoms. The van der Waals surface area contributed by atoms with Crippen LogP contribution in [0.1, 0.15) is 32.1 Å². The molecule has 1 aliphatic rings. The number of hydrogen-bond donors (Lipinski definition) is 3. The first-order valence-corrected chi connectivity index (χ1v) is 5.73. The van der Waals surface area contributed by atoms with Crippen molar-refractivity contribution in [2.45, 2.75) is 37.7 Å². The Bertz CT molecular complexity index is 350. The van der Waals surface area contributed by atoms with Crippen LogP contribution in [0.25, 0.3) is 0 Å². The number of aliphatic hydroxyl groups is 1. The van der Waals surface area contributed by atoms with Crippen LogP contribution in [0.5, 0.6) is 0 Å². The molecule has 2 rings (SSSR count). The lowest BCUT2D eigenvalue weighted by Gasteiger charge is -2.32. The molecule has 1 fully saturated rings. The van der Waals surface area contributed by atoms with E-state index in [2.05, 4.69) is 15.3 Å². The van der Waals surface area contributed by atoms with E-state index in [4.69, 9.17) is 5.73 Å². The van der Waals surface area contributed by atoms with Gasteiger partial charge < -0.3 is 16.2 Å². The van der Waals surface area contributed by atoms with Gasteiger partial charge in [0.05, 0.1) is 5.60 Å². The van der Waals surface area contributed by atoms with Crippen LogP contribution in [0.3, 0.4) is 0 Å². The highest BCUT2D eigenvalue weighted by Gasteiger charge is 2.28. The molecule has 4 N–H and O–H groups in total. The van der Waals surface area contributed by atoms with E-state index < -0.39 is 5.60 Å². The fourth-order valence-corrected chi connectivity index (χ4v) is 2.09. The Morgan fingerprint density at radius 3 is 2.81 bits per heavy atom. The lowest BCUT2D eigenvalue weighted by molar-refractivity contribution is 0.0166. The summed E-state index contributed by atoms with van der Waals surface area (Å²) in [5.41, 5.74) is 4.94. The van der Waals surface area contributed by atoms with Crippen molar-refractivity contribution in [3.8, 4) is 0 Å². The highest BCUT2D eigenvalue weighted by Crippen LogP contribution is 2.27. The van der Waals surface area contributed by atoms with Gasteiger partial charge in [0.15, 0.2) is 0 Å². The first-order chi connectivity index (χ1) is 7.68. The number of nitrogens with one attached hydrogen (secondary N) is 1. The van der Waals surface area contributed by atoms with Crippen molar-refractivity contribution in [2.75, 3.05) is 17.6 Å². The van der Waals surface area contributed by atoms with Gasteiger partial charge in [0, 0.05) is 12.7 Å². The number of nitrogens with two attached hydrogens (primary N) is 1. The smallest absolute Gasteiger partial charge is 0.224 e. The van der Waals surface area contributed by atoms with E-state index in [1.54, 1.807) is 12.3 Å². The Labute approximate surface area is 95.1 Å². The van der Waals surface area contributed by atoms with Crippen molar-refractivity contribution < 1.29 is 5.11 Å². The molecule has 16 heavy (non-hydrogen) atoms. The van der Waals surface area contributed by atoms with E-state index >= 15 is 0 Å². The average molecular weight is 222 g/mol. The molecular weight excluding hydrogens is 204 g/mol. The molecular formula is C11H18N4O. The first kappa shape index (κ1) is 11.1. The van der Waals surface area contributed by atoms with Gasteiger partial charge in [-0.05, 0) is 18.9 Å². The molecule has 0 spiro atoms. The highest BCUT2D eigenvalue weighted by molar-refractivity contribution is 5.35. The monoisotopic (exact) mass is 222 g/mol. The third-order valence-electron chi connectivity index (χ3n) is 3.04. The molecule has 0 aliphatic heterocycles. The summed E-state index contributed by atoms with van der Waals surface area (Å²) in [6.07, 6.45) is 6.71. The summed E-state index contributed by atoms with van der Waals surface area (Å²) in [4.78, 5) is 8.07. The molecule has 1 heterocycles. The van der Waals surface area contributed by atoms with Crippen LogP contribution < -0.4 is 11.1 Å². The Kier molecular flexibility index (Phi) is 3.24. The van der Waals surface area contributed by atoms with E-state index in [0.29, 0.717) is 18.3 Å². The predicted octanol–water partition coefficient (Wildman–Crippen LogP) is 1.17. The van der Waals surface area contributed by atoms with Gasteiger partial charge in [-0.15, -0.1) is 0 Å². The van der Waals surface area contributed by atoms with Gasteiger partial charge in [-0.25, -0.2) is 4.98 Å². The summed E-state index contributed by atoms with van der Waals surface area (Å²) >= 11 is 0. The van der Waals surface area contributed by atoms with E-state index in [9.17, 15) is 5.11 Å². The van der Waals surface area contributed by atoms with Crippen LogP contribution in [0.2, 0.25) is 0 Å². The van der Waals surface area contributed by atoms with Gasteiger partial charge in [-0.3, -0.25) is 0 Å². The van der Waals surface area contributed by atoms with Crippen molar-refractivity contribution in [3.63, 3.8) is 0 Å². The third-order valence-corrected chi connectivity index (χ3v) is 3.04. The zero-order valence-electron chi connectivity index (χ0n) is 9.32. The summed E-state index contributed by atoms with van der Waals surface area (Å²) < 4.78 is 0. The van der Waals surface area contributed by atoms with Gasteiger partial charge in [0.2, 0.25) is 5.95 Å². The standard InChI is InChI=1S/C11H18N4O/c12-9-4-7-13-10(15-9)14-8-11(16)5-2-1-3-6-11/h4,7,16H,1-3,5-6,8H2,(H3,12,13,14,15). The van der Waals surface area contributed by atoms with Crippen LogP contribution in [0.4, 0.5) is 11.8 Å². The highest BCUT2D eigenvalue weighted by atomic mass is 16.3. The van der Waals surface area contributed by atoms with Crippen LogP contribution in [-0.2, 0) is 0 Å². The Morgan fingerprint density at radius 1 is 1.38 bits per heavy atom. The first-order valence-electron chi connectivity index (χ1n) is 5.73. The fraction of sp³-hybridized carbons (Fsp3) is 0.636. The van der Waals surface area contributed by atoms with Gasteiger partial charge in [-0.2, -0.15) is 4.98 Å². The molecule has 0 amide bonds. The van der Waals surface area contributed by atoms with Crippen LogP contribution in [-0.4, -0.2) is 27.2 Å². The molecule has 0 atom stereocenters. The number of aromatic nitrogens is 2. The average Bonchev–Trinajstić information content (AvgIpc) is 2.28. The van der Waals surface area contributed by atoms with Gasteiger partial charge >= 0.3 is 0 Å². The Hall–Kier alpha value is -1.36. The quantitative estimate of drug-likeness (QED) is 0.715. The number of hydrogen-bond acceptors (Lipinski definition) is 5. The molecule has 0 bridgehead atoms. The summed E-state index contributed by atoms with van der Waals surface area (Å²) in [7, 11) is 0. The Morgan fingerprint density at radius 2 is 2.12 bits per heavy atom. The Balaban J connectivity index is 1.91. The minimum Gasteiger partial charge on any atom is -0.388 e. The van der Waals surface area contributed by atoms with Gasteiger partial charge in [-0.1, -0.05) is 19.3 Å². The molecule has 0 saturated heterocycles. The van der Waals surface area contributed by atoms with Crippen molar-refractivity contribution in [1.82, 2.24) is 9.97 Å². The summed E-state index contributed by atoms with van der Waals surface area (Å²) in [5.74, 6) is 0.923. The molecule has 1 saturated carbocycles. The maximum atomic E-state index is 10.3. The fourth-order valence-electron chi connectivity index (χ4n) is 2.09. The lowest BCUT2D eigenvalue weighted by atomic mass is 9.85. The topological polar surface area (TPSA) is 84.1 Å². The van der Waals surface area contributed by atoms with Crippen LogP contribution >= 0.6 is 0 Å². The van der Waals surface area contributed by atoms with Crippen molar-refractivity contribution in [2.24, 2.45) is 0 Å². The molecule has 0 unspecified atom stereocenters. The minimum atomic E-state index is -0.605. The number of rotatable bonds is 3. The number of nitrogens with zero attached hydrogens (tertiary/aromatic N) is 2. The predicted molar refractivity (Wildman–Crippen MR) is 63.0 cm³/mol. The van der Waals surface area contributed by atoms with E-state index in [0.717, 1.165) is 25.7 Å². The summed E-state index contributed by atoms with van der Waals surface area (Å²) in [6.45, 7) is 0.496. The van der Waals surface area contributed by atoms with Crippen molar-refractivity contribution in [1.29, 1.82) is 0 Å². The second kappa shape index (κ2) is 4.65. The SMILES string of the molecule is Nc1ccnc(NCC2(O)CCCCC2)n1.